The van der Waals surface area contributed by atoms with Crippen LogP contribution in [0.1, 0.15) is 23.7 Å². The van der Waals surface area contributed by atoms with Crippen LogP contribution in [0.25, 0.3) is 11.0 Å². The van der Waals surface area contributed by atoms with Crippen LogP contribution in [0.4, 0.5) is 0 Å². The molecular formula is C16H13N3. The maximum atomic E-state index is 4.24. The zero-order chi connectivity index (χ0) is 13.1. The Morgan fingerprint density at radius 3 is 2.89 bits per heavy atom. The normalized spacial score (nSPS) is 10.2. The first-order valence-corrected chi connectivity index (χ1v) is 6.26. The lowest BCUT2D eigenvalue weighted by Crippen LogP contribution is -1.88. The van der Waals surface area contributed by atoms with Gasteiger partial charge in [0, 0.05) is 11.8 Å². The molecule has 0 saturated carbocycles. The highest BCUT2D eigenvalue weighted by Gasteiger charge is 2.01. The summed E-state index contributed by atoms with van der Waals surface area (Å²) in [6.07, 6.45) is 4.37. The van der Waals surface area contributed by atoms with Crippen LogP contribution in [0.2, 0.25) is 0 Å². The zero-order valence-electron chi connectivity index (χ0n) is 10.6. The van der Waals surface area contributed by atoms with Gasteiger partial charge < -0.3 is 4.98 Å². The molecule has 0 fully saturated rings. The van der Waals surface area contributed by atoms with Crippen molar-refractivity contribution in [2.24, 2.45) is 0 Å². The number of nitrogens with zero attached hydrogens (tertiary/aromatic N) is 2. The van der Waals surface area contributed by atoms with E-state index in [9.17, 15) is 0 Å². The fraction of sp³-hybridized carbons (Fsp3) is 0.125. The smallest absolute Gasteiger partial charge is 0.141 e. The maximum absolute atomic E-state index is 4.24. The monoisotopic (exact) mass is 247 g/mol. The van der Waals surface area contributed by atoms with Gasteiger partial charge in [-0.25, -0.2) is 9.97 Å². The summed E-state index contributed by atoms with van der Waals surface area (Å²) in [6, 6.07) is 10.1. The summed E-state index contributed by atoms with van der Waals surface area (Å²) in [7, 11) is 0. The van der Waals surface area contributed by atoms with E-state index in [4.69, 9.17) is 0 Å². The van der Waals surface area contributed by atoms with Crippen molar-refractivity contribution in [3.05, 3.63) is 59.7 Å². The fourth-order valence-corrected chi connectivity index (χ4v) is 2.05. The Labute approximate surface area is 111 Å². The average molecular weight is 247 g/mol. The number of benzene rings is 1. The molecule has 19 heavy (non-hydrogen) atoms. The molecule has 0 aliphatic rings. The Bertz CT molecular complexity index is 775. The molecule has 92 valence electrons. The molecule has 0 bridgehead atoms. The Morgan fingerprint density at radius 2 is 2.00 bits per heavy atom. The third-order valence-corrected chi connectivity index (χ3v) is 3.07. The van der Waals surface area contributed by atoms with Gasteiger partial charge in [0.1, 0.15) is 17.7 Å². The van der Waals surface area contributed by atoms with Gasteiger partial charge in [0.15, 0.2) is 0 Å². The molecule has 0 radical (unpaired) electrons. The second kappa shape index (κ2) is 4.95. The van der Waals surface area contributed by atoms with Crippen LogP contribution >= 0.6 is 0 Å². The first-order chi connectivity index (χ1) is 9.38. The lowest BCUT2D eigenvalue weighted by molar-refractivity contribution is 1.13. The lowest BCUT2D eigenvalue weighted by Gasteiger charge is -1.99. The van der Waals surface area contributed by atoms with Gasteiger partial charge in [0.05, 0.1) is 5.39 Å². The minimum atomic E-state index is 0.761. The predicted octanol–water partition coefficient (Wildman–Crippen LogP) is 2.92. The van der Waals surface area contributed by atoms with Crippen LogP contribution in [-0.4, -0.2) is 15.0 Å². The molecule has 0 amide bonds. The third-order valence-electron chi connectivity index (χ3n) is 3.07. The van der Waals surface area contributed by atoms with Gasteiger partial charge in [-0.15, -0.1) is 0 Å². The largest absolute Gasteiger partial charge is 0.346 e. The minimum Gasteiger partial charge on any atom is -0.346 e. The SMILES string of the molecule is CCc1ccccc1C#Cc1ncnc2[nH]ccc12. The topological polar surface area (TPSA) is 41.6 Å². The van der Waals surface area contributed by atoms with E-state index in [1.807, 2.05) is 30.5 Å². The van der Waals surface area contributed by atoms with E-state index < -0.39 is 0 Å². The molecule has 2 heterocycles. The molecule has 2 aromatic heterocycles. The highest BCUT2D eigenvalue weighted by Crippen LogP contribution is 2.12. The van der Waals surface area contributed by atoms with Crippen molar-refractivity contribution in [2.75, 3.05) is 0 Å². The molecule has 3 aromatic rings. The maximum Gasteiger partial charge on any atom is 0.141 e. The average Bonchev–Trinajstić information content (AvgIpc) is 2.94. The van der Waals surface area contributed by atoms with E-state index in [-0.39, 0.29) is 0 Å². The van der Waals surface area contributed by atoms with E-state index >= 15 is 0 Å². The van der Waals surface area contributed by atoms with Crippen LogP contribution < -0.4 is 0 Å². The fourth-order valence-electron chi connectivity index (χ4n) is 2.05. The molecule has 3 nitrogen and oxygen atoms in total. The van der Waals surface area contributed by atoms with Crippen LogP contribution in [0, 0.1) is 11.8 Å². The summed E-state index contributed by atoms with van der Waals surface area (Å²) in [6.45, 7) is 2.13. The van der Waals surface area contributed by atoms with Crippen molar-refractivity contribution >= 4 is 11.0 Å². The Morgan fingerprint density at radius 1 is 1.11 bits per heavy atom. The molecule has 0 aliphatic heterocycles. The molecule has 3 heteroatoms. The quantitative estimate of drug-likeness (QED) is 0.672. The number of fused-ring (bicyclic) bond motifs is 1. The highest BCUT2D eigenvalue weighted by molar-refractivity contribution is 5.80. The van der Waals surface area contributed by atoms with Crippen molar-refractivity contribution in [1.29, 1.82) is 0 Å². The molecular weight excluding hydrogens is 234 g/mol. The van der Waals surface area contributed by atoms with E-state index in [1.54, 1.807) is 0 Å². The lowest BCUT2D eigenvalue weighted by atomic mass is 10.1. The summed E-state index contributed by atoms with van der Waals surface area (Å²) in [5.74, 6) is 6.35. The highest BCUT2D eigenvalue weighted by atomic mass is 14.9. The van der Waals surface area contributed by atoms with Crippen LogP contribution in [0.15, 0.2) is 42.9 Å². The van der Waals surface area contributed by atoms with Gasteiger partial charge in [-0.3, -0.25) is 0 Å². The van der Waals surface area contributed by atoms with Crippen molar-refractivity contribution in [3.8, 4) is 11.8 Å². The molecule has 0 aliphatic carbocycles. The minimum absolute atomic E-state index is 0.761. The van der Waals surface area contributed by atoms with Gasteiger partial charge in [-0.1, -0.05) is 31.0 Å². The molecule has 0 saturated heterocycles. The second-order valence-corrected chi connectivity index (χ2v) is 4.22. The van der Waals surface area contributed by atoms with E-state index in [0.717, 1.165) is 28.7 Å². The number of rotatable bonds is 1. The number of H-pyrrole nitrogens is 1. The Balaban J connectivity index is 2.06. The zero-order valence-corrected chi connectivity index (χ0v) is 10.6. The summed E-state index contributed by atoms with van der Waals surface area (Å²) in [5.41, 5.74) is 3.90. The van der Waals surface area contributed by atoms with Crippen LogP contribution in [0.3, 0.4) is 0 Å². The summed E-state index contributed by atoms with van der Waals surface area (Å²) >= 11 is 0. The molecule has 0 unspecified atom stereocenters. The van der Waals surface area contributed by atoms with Crippen molar-refractivity contribution in [3.63, 3.8) is 0 Å². The Kier molecular flexibility index (Phi) is 2.99. The Hall–Kier alpha value is -2.60. The van der Waals surface area contributed by atoms with Crippen LogP contribution in [0.5, 0.6) is 0 Å². The van der Waals surface area contributed by atoms with Gasteiger partial charge in [-0.05, 0) is 30.0 Å². The first-order valence-electron chi connectivity index (χ1n) is 6.26. The first kappa shape index (κ1) is 11.5. The van der Waals surface area contributed by atoms with Gasteiger partial charge in [0.25, 0.3) is 0 Å². The van der Waals surface area contributed by atoms with Crippen LogP contribution in [-0.2, 0) is 6.42 Å². The van der Waals surface area contributed by atoms with Crippen molar-refractivity contribution in [1.82, 2.24) is 15.0 Å². The number of hydrogen-bond donors (Lipinski definition) is 1. The summed E-state index contributed by atoms with van der Waals surface area (Å²) < 4.78 is 0. The molecule has 3 rings (SSSR count). The van der Waals surface area contributed by atoms with Crippen molar-refractivity contribution < 1.29 is 0 Å². The van der Waals surface area contributed by atoms with E-state index in [1.165, 1.54) is 11.9 Å². The number of aryl methyl sites for hydroxylation is 1. The number of hydrogen-bond acceptors (Lipinski definition) is 2. The summed E-state index contributed by atoms with van der Waals surface area (Å²) in [5, 5.41) is 0.962. The van der Waals surface area contributed by atoms with Gasteiger partial charge in [-0.2, -0.15) is 0 Å². The van der Waals surface area contributed by atoms with E-state index in [2.05, 4.69) is 39.8 Å². The van der Waals surface area contributed by atoms with Gasteiger partial charge in [0.2, 0.25) is 0 Å². The van der Waals surface area contributed by atoms with E-state index in [0.29, 0.717) is 0 Å². The number of aromatic amines is 1. The third kappa shape index (κ3) is 2.21. The molecule has 0 spiro atoms. The van der Waals surface area contributed by atoms with Gasteiger partial charge >= 0.3 is 0 Å². The van der Waals surface area contributed by atoms with Crippen molar-refractivity contribution in [2.45, 2.75) is 13.3 Å². The molecule has 1 N–H and O–H groups in total. The predicted molar refractivity (Wildman–Crippen MR) is 75.7 cm³/mol. The number of aromatic nitrogens is 3. The second-order valence-electron chi connectivity index (χ2n) is 4.22. The molecule has 0 atom stereocenters. The molecule has 1 aromatic carbocycles. The standard InChI is InChI=1S/C16H13N3/c1-2-12-5-3-4-6-13(12)7-8-15-14-9-10-17-16(14)19-11-18-15/h3-6,9-11H,2H2,1H3,(H,17,18,19). The summed E-state index contributed by atoms with van der Waals surface area (Å²) in [4.78, 5) is 11.5. The number of nitrogens with one attached hydrogen (secondary N) is 1.